The third kappa shape index (κ3) is 4.04. The quantitative estimate of drug-likeness (QED) is 0.185. The normalized spacial score (nSPS) is 14.4. The van der Waals surface area contributed by atoms with Crippen LogP contribution in [0.25, 0.3) is 21.9 Å². The maximum Gasteiger partial charge on any atom is 0.373 e. The third-order valence-electron chi connectivity index (χ3n) is 6.55. The van der Waals surface area contributed by atoms with Crippen LogP contribution in [-0.2, 0) is 19.0 Å². The molecule has 0 bridgehead atoms. The number of furan rings is 2. The Morgan fingerprint density at radius 3 is 2.33 bits per heavy atom. The molecule has 5 rings (SSSR count). The molecule has 0 radical (unpaired) electrons. The Balaban J connectivity index is 1.95. The Labute approximate surface area is 222 Å². The number of hydrogen-bond acceptors (Lipinski definition) is 10. The third-order valence-corrected chi connectivity index (χ3v) is 6.55. The standard InChI is InChI=1S/C29H24O10/c1-6-36-28(32)20-12-16(19-8-7-9-37-19)23-25(38-20)15(14(3)30)11-17-21-22(29(33)35-5)18(27(31)34-4)10-13(2)24(21)39-26(17)23/h7-12,16H,6H2,1-5H3. The lowest BCUT2D eigenvalue weighted by Crippen LogP contribution is -2.20. The summed E-state index contributed by atoms with van der Waals surface area (Å²) in [6.45, 7) is 4.86. The average molecular weight is 533 g/mol. The van der Waals surface area contributed by atoms with E-state index >= 15 is 0 Å². The molecule has 10 heteroatoms. The molecule has 0 amide bonds. The number of hydrogen-bond donors (Lipinski definition) is 0. The highest BCUT2D eigenvalue weighted by Gasteiger charge is 2.37. The summed E-state index contributed by atoms with van der Waals surface area (Å²) in [5.41, 5.74) is 1.59. The topological polar surface area (TPSA) is 131 Å². The van der Waals surface area contributed by atoms with Crippen LogP contribution in [-0.4, -0.2) is 44.5 Å². The molecule has 0 saturated heterocycles. The minimum atomic E-state index is -0.784. The lowest BCUT2D eigenvalue weighted by atomic mass is 9.87. The van der Waals surface area contributed by atoms with Crippen LogP contribution in [0.2, 0.25) is 0 Å². The van der Waals surface area contributed by atoms with Crippen molar-refractivity contribution in [1.29, 1.82) is 0 Å². The summed E-state index contributed by atoms with van der Waals surface area (Å²) >= 11 is 0. The molecular weight excluding hydrogens is 508 g/mol. The number of benzene rings is 2. The van der Waals surface area contributed by atoms with Gasteiger partial charge in [-0.15, -0.1) is 0 Å². The second-order valence-corrected chi connectivity index (χ2v) is 8.85. The van der Waals surface area contributed by atoms with E-state index in [1.54, 1.807) is 26.0 Å². The van der Waals surface area contributed by atoms with E-state index in [0.29, 0.717) is 27.9 Å². The number of aryl methyl sites for hydroxylation is 1. The van der Waals surface area contributed by atoms with E-state index < -0.39 is 23.8 Å². The zero-order valence-electron chi connectivity index (χ0n) is 21.8. The van der Waals surface area contributed by atoms with Crippen LogP contribution in [0.5, 0.6) is 5.75 Å². The second kappa shape index (κ2) is 9.79. The van der Waals surface area contributed by atoms with Crippen LogP contribution in [0, 0.1) is 6.92 Å². The van der Waals surface area contributed by atoms with E-state index in [4.69, 9.17) is 27.8 Å². The molecule has 1 unspecified atom stereocenters. The van der Waals surface area contributed by atoms with Crippen molar-refractivity contribution in [3.8, 4) is 5.75 Å². The van der Waals surface area contributed by atoms with Gasteiger partial charge in [0.05, 0.1) is 55.3 Å². The first kappa shape index (κ1) is 25.8. The lowest BCUT2D eigenvalue weighted by Gasteiger charge is -2.24. The summed E-state index contributed by atoms with van der Waals surface area (Å²) in [5, 5.41) is 0.650. The maximum absolute atomic E-state index is 13.0. The first-order valence-electron chi connectivity index (χ1n) is 12.1. The molecule has 2 aromatic heterocycles. The molecule has 3 heterocycles. The van der Waals surface area contributed by atoms with Crippen LogP contribution in [0.15, 0.2) is 51.2 Å². The van der Waals surface area contributed by atoms with Gasteiger partial charge in [0.1, 0.15) is 22.7 Å². The summed E-state index contributed by atoms with van der Waals surface area (Å²) in [4.78, 5) is 51.3. The monoisotopic (exact) mass is 532 g/mol. The van der Waals surface area contributed by atoms with Gasteiger partial charge in [0, 0.05) is 10.8 Å². The highest BCUT2D eigenvalue weighted by atomic mass is 16.6. The fraction of sp³-hybridized carbons (Fsp3) is 0.241. The van der Waals surface area contributed by atoms with Crippen LogP contribution in [0.4, 0.5) is 0 Å². The molecule has 10 nitrogen and oxygen atoms in total. The SMILES string of the molecule is CCOC(=O)C1=CC(c2ccco2)c2c(c(C(C)=O)cc3c2oc2c(C)cc(C(=O)OC)c(C(=O)OC)c23)O1. The second-order valence-electron chi connectivity index (χ2n) is 8.85. The summed E-state index contributed by atoms with van der Waals surface area (Å²) in [6, 6.07) is 6.41. The Bertz CT molecular complexity index is 1700. The molecule has 0 fully saturated rings. The summed E-state index contributed by atoms with van der Waals surface area (Å²) in [6.07, 6.45) is 3.01. The van der Waals surface area contributed by atoms with E-state index in [1.165, 1.54) is 45.6 Å². The van der Waals surface area contributed by atoms with Crippen molar-refractivity contribution in [3.63, 3.8) is 0 Å². The number of rotatable bonds is 6. The number of ether oxygens (including phenoxy) is 4. The van der Waals surface area contributed by atoms with Crippen molar-refractivity contribution in [2.24, 2.45) is 0 Å². The minimum absolute atomic E-state index is 0.0116. The lowest BCUT2D eigenvalue weighted by molar-refractivity contribution is -0.141. The number of methoxy groups -OCH3 is 2. The van der Waals surface area contributed by atoms with Gasteiger partial charge in [0.2, 0.25) is 5.76 Å². The molecule has 1 atom stereocenters. The molecule has 1 aliphatic rings. The van der Waals surface area contributed by atoms with Gasteiger partial charge in [-0.05, 0) is 56.7 Å². The predicted octanol–water partition coefficient (Wildman–Crippen LogP) is 5.23. The van der Waals surface area contributed by atoms with Crippen LogP contribution in [0.1, 0.15) is 67.7 Å². The summed E-state index contributed by atoms with van der Waals surface area (Å²) in [7, 11) is 2.40. The number of carbonyl (C=O) groups is 4. The number of carbonyl (C=O) groups excluding carboxylic acids is 4. The number of allylic oxidation sites excluding steroid dienone is 1. The van der Waals surface area contributed by atoms with E-state index in [2.05, 4.69) is 0 Å². The molecule has 1 aliphatic heterocycles. The van der Waals surface area contributed by atoms with Crippen LogP contribution in [0.3, 0.4) is 0 Å². The molecular formula is C29H24O10. The van der Waals surface area contributed by atoms with Crippen molar-refractivity contribution < 1.29 is 47.0 Å². The van der Waals surface area contributed by atoms with Crippen molar-refractivity contribution in [3.05, 3.63) is 75.9 Å². The van der Waals surface area contributed by atoms with Gasteiger partial charge in [0.25, 0.3) is 0 Å². The van der Waals surface area contributed by atoms with Gasteiger partial charge in [-0.1, -0.05) is 0 Å². The number of fused-ring (bicyclic) bond motifs is 5. The van der Waals surface area contributed by atoms with Crippen molar-refractivity contribution in [1.82, 2.24) is 0 Å². The predicted molar refractivity (Wildman–Crippen MR) is 137 cm³/mol. The van der Waals surface area contributed by atoms with Crippen molar-refractivity contribution in [2.45, 2.75) is 26.7 Å². The number of esters is 3. The van der Waals surface area contributed by atoms with Gasteiger partial charge in [-0.3, -0.25) is 4.79 Å². The number of ketones is 1. The Kier molecular flexibility index (Phi) is 6.47. The molecule has 0 N–H and O–H groups in total. The molecule has 39 heavy (non-hydrogen) atoms. The van der Waals surface area contributed by atoms with E-state index in [0.717, 1.165) is 0 Å². The molecule has 0 saturated carbocycles. The first-order chi connectivity index (χ1) is 18.7. The minimum Gasteiger partial charge on any atom is -0.468 e. The fourth-order valence-electron chi connectivity index (χ4n) is 4.88. The van der Waals surface area contributed by atoms with Crippen molar-refractivity contribution >= 4 is 45.6 Å². The Morgan fingerprint density at radius 2 is 1.72 bits per heavy atom. The maximum atomic E-state index is 13.0. The first-order valence-corrected chi connectivity index (χ1v) is 12.1. The number of Topliss-reactive ketones (excluding diaryl/α,β-unsaturated/α-hetero) is 1. The van der Waals surface area contributed by atoms with Gasteiger partial charge in [-0.2, -0.15) is 0 Å². The summed E-state index contributed by atoms with van der Waals surface area (Å²) < 4.78 is 33.1. The van der Waals surface area contributed by atoms with Gasteiger partial charge in [-0.25, -0.2) is 14.4 Å². The fourth-order valence-corrected chi connectivity index (χ4v) is 4.88. The molecule has 0 spiro atoms. The van der Waals surface area contributed by atoms with Gasteiger partial charge < -0.3 is 27.8 Å². The van der Waals surface area contributed by atoms with E-state index in [1.807, 2.05) is 0 Å². The van der Waals surface area contributed by atoms with E-state index in [9.17, 15) is 19.2 Å². The zero-order chi connectivity index (χ0) is 28.0. The molecule has 200 valence electrons. The van der Waals surface area contributed by atoms with Gasteiger partial charge in [0.15, 0.2) is 5.78 Å². The highest BCUT2D eigenvalue weighted by molar-refractivity contribution is 6.22. The summed E-state index contributed by atoms with van der Waals surface area (Å²) in [5.74, 6) is -2.87. The van der Waals surface area contributed by atoms with E-state index in [-0.39, 0.29) is 51.6 Å². The average Bonchev–Trinajstić information content (AvgIpc) is 3.60. The van der Waals surface area contributed by atoms with Crippen molar-refractivity contribution in [2.75, 3.05) is 20.8 Å². The smallest absolute Gasteiger partial charge is 0.373 e. The van der Waals surface area contributed by atoms with Crippen LogP contribution >= 0.6 is 0 Å². The van der Waals surface area contributed by atoms with Crippen LogP contribution < -0.4 is 4.74 Å². The highest BCUT2D eigenvalue weighted by Crippen LogP contribution is 2.49. The Hall–Kier alpha value is -4.86. The molecule has 2 aromatic carbocycles. The van der Waals surface area contributed by atoms with Gasteiger partial charge >= 0.3 is 17.9 Å². The largest absolute Gasteiger partial charge is 0.468 e. The molecule has 0 aliphatic carbocycles. The Morgan fingerprint density at radius 1 is 0.974 bits per heavy atom. The molecule has 4 aromatic rings. The zero-order valence-corrected chi connectivity index (χ0v) is 21.8.